The minimum absolute atomic E-state index is 0.0789. The van der Waals surface area contributed by atoms with Crippen molar-refractivity contribution in [3.63, 3.8) is 0 Å². The van der Waals surface area contributed by atoms with Crippen molar-refractivity contribution in [3.8, 4) is 5.75 Å². The number of nitrogen functional groups attached to an aromatic ring is 1. The number of hydrogen-bond acceptors (Lipinski definition) is 3. The summed E-state index contributed by atoms with van der Waals surface area (Å²) in [5, 5.41) is 9.43. The molecule has 21 heavy (non-hydrogen) atoms. The van der Waals surface area contributed by atoms with Crippen molar-refractivity contribution >= 4 is 11.6 Å². The molecule has 4 heteroatoms. The zero-order valence-corrected chi connectivity index (χ0v) is 12.1. The van der Waals surface area contributed by atoms with Gasteiger partial charge in [0.1, 0.15) is 5.75 Å². The van der Waals surface area contributed by atoms with E-state index in [4.69, 9.17) is 5.73 Å². The van der Waals surface area contributed by atoms with Crippen LogP contribution in [-0.4, -0.2) is 23.0 Å². The Hall–Kier alpha value is -2.49. The first-order chi connectivity index (χ1) is 10.0. The van der Waals surface area contributed by atoms with Crippen LogP contribution < -0.4 is 5.73 Å². The van der Waals surface area contributed by atoms with Crippen molar-refractivity contribution in [2.24, 2.45) is 0 Å². The SMILES string of the molecule is CN(Cc1cccc(O)c1)C(=O)CCc1ccc(N)cc1. The Kier molecular flexibility index (Phi) is 4.82. The highest BCUT2D eigenvalue weighted by atomic mass is 16.3. The maximum atomic E-state index is 12.1. The van der Waals surface area contributed by atoms with Crippen LogP contribution in [0.25, 0.3) is 0 Å². The molecule has 0 saturated heterocycles. The standard InChI is InChI=1S/C17H20N2O2/c1-19(12-14-3-2-4-16(20)11-14)17(21)10-7-13-5-8-15(18)9-6-13/h2-6,8-9,11,20H,7,10,12,18H2,1H3. The van der Waals surface area contributed by atoms with E-state index >= 15 is 0 Å². The van der Waals surface area contributed by atoms with Crippen molar-refractivity contribution in [3.05, 3.63) is 59.7 Å². The van der Waals surface area contributed by atoms with Gasteiger partial charge in [-0.25, -0.2) is 0 Å². The molecule has 2 aromatic carbocycles. The van der Waals surface area contributed by atoms with Gasteiger partial charge in [-0.05, 0) is 41.8 Å². The normalized spacial score (nSPS) is 10.3. The maximum absolute atomic E-state index is 12.1. The summed E-state index contributed by atoms with van der Waals surface area (Å²) in [6.45, 7) is 0.495. The predicted octanol–water partition coefficient (Wildman–Crippen LogP) is 2.57. The topological polar surface area (TPSA) is 66.6 Å². The highest BCUT2D eigenvalue weighted by molar-refractivity contribution is 5.76. The van der Waals surface area contributed by atoms with Crippen LogP contribution in [-0.2, 0) is 17.8 Å². The summed E-state index contributed by atoms with van der Waals surface area (Å²) in [6, 6.07) is 14.5. The van der Waals surface area contributed by atoms with Crippen LogP contribution in [0.4, 0.5) is 5.69 Å². The summed E-state index contributed by atoms with van der Waals surface area (Å²) in [5.41, 5.74) is 8.38. The molecule has 0 unspecified atom stereocenters. The van der Waals surface area contributed by atoms with E-state index in [1.54, 1.807) is 30.1 Å². The number of aryl methyl sites for hydroxylation is 1. The smallest absolute Gasteiger partial charge is 0.222 e. The second kappa shape index (κ2) is 6.79. The van der Waals surface area contributed by atoms with Crippen LogP contribution in [0.3, 0.4) is 0 Å². The molecular formula is C17H20N2O2. The third-order valence-corrected chi connectivity index (χ3v) is 3.36. The van der Waals surface area contributed by atoms with Crippen LogP contribution in [0.2, 0.25) is 0 Å². The van der Waals surface area contributed by atoms with Gasteiger partial charge in [0.15, 0.2) is 0 Å². The first-order valence-electron chi connectivity index (χ1n) is 6.91. The van der Waals surface area contributed by atoms with Gasteiger partial charge in [-0.15, -0.1) is 0 Å². The van der Waals surface area contributed by atoms with E-state index in [1.807, 2.05) is 30.3 Å². The number of anilines is 1. The van der Waals surface area contributed by atoms with Gasteiger partial charge in [-0.1, -0.05) is 24.3 Å². The molecule has 0 fully saturated rings. The van der Waals surface area contributed by atoms with Crippen LogP contribution in [0.15, 0.2) is 48.5 Å². The molecule has 3 N–H and O–H groups in total. The first-order valence-corrected chi connectivity index (χ1v) is 6.91. The van der Waals surface area contributed by atoms with Gasteiger partial charge < -0.3 is 15.7 Å². The molecule has 4 nitrogen and oxygen atoms in total. The second-order valence-electron chi connectivity index (χ2n) is 5.16. The lowest BCUT2D eigenvalue weighted by atomic mass is 10.1. The van der Waals surface area contributed by atoms with Crippen molar-refractivity contribution in [2.75, 3.05) is 12.8 Å². The molecule has 0 atom stereocenters. The van der Waals surface area contributed by atoms with E-state index in [-0.39, 0.29) is 11.7 Å². The molecule has 0 aliphatic carbocycles. The third kappa shape index (κ3) is 4.53. The van der Waals surface area contributed by atoms with Crippen molar-refractivity contribution in [1.29, 1.82) is 0 Å². The Morgan fingerprint density at radius 3 is 2.52 bits per heavy atom. The number of carbonyl (C=O) groups excluding carboxylic acids is 1. The Balaban J connectivity index is 1.86. The summed E-state index contributed by atoms with van der Waals surface area (Å²) in [5.74, 6) is 0.297. The highest BCUT2D eigenvalue weighted by Crippen LogP contribution is 2.13. The van der Waals surface area contributed by atoms with Gasteiger partial charge in [0, 0.05) is 25.7 Å². The molecule has 2 aromatic rings. The molecule has 0 bridgehead atoms. The molecule has 0 aliphatic heterocycles. The quantitative estimate of drug-likeness (QED) is 0.829. The lowest BCUT2D eigenvalue weighted by molar-refractivity contribution is -0.130. The average Bonchev–Trinajstić information content (AvgIpc) is 2.46. The van der Waals surface area contributed by atoms with E-state index in [0.29, 0.717) is 19.4 Å². The predicted molar refractivity (Wildman–Crippen MR) is 83.8 cm³/mol. The number of aromatic hydroxyl groups is 1. The molecule has 0 saturated carbocycles. The number of phenolic OH excluding ortho intramolecular Hbond substituents is 1. The van der Waals surface area contributed by atoms with Gasteiger partial charge in [-0.3, -0.25) is 4.79 Å². The zero-order valence-electron chi connectivity index (χ0n) is 12.1. The molecule has 0 spiro atoms. The Morgan fingerprint density at radius 1 is 1.14 bits per heavy atom. The number of nitrogens with zero attached hydrogens (tertiary/aromatic N) is 1. The molecular weight excluding hydrogens is 264 g/mol. The number of carbonyl (C=O) groups is 1. The second-order valence-corrected chi connectivity index (χ2v) is 5.16. The Labute approximate surface area is 124 Å². The molecule has 0 aromatic heterocycles. The van der Waals surface area contributed by atoms with Gasteiger partial charge in [0.25, 0.3) is 0 Å². The Morgan fingerprint density at radius 2 is 1.86 bits per heavy atom. The number of nitrogens with two attached hydrogens (primary N) is 1. The molecule has 1 amide bonds. The lowest BCUT2D eigenvalue weighted by Crippen LogP contribution is -2.26. The summed E-state index contributed by atoms with van der Waals surface area (Å²) in [4.78, 5) is 13.8. The van der Waals surface area contributed by atoms with Crippen LogP contribution in [0.1, 0.15) is 17.5 Å². The summed E-state index contributed by atoms with van der Waals surface area (Å²) < 4.78 is 0. The largest absolute Gasteiger partial charge is 0.508 e. The van der Waals surface area contributed by atoms with Crippen LogP contribution >= 0.6 is 0 Å². The fourth-order valence-corrected chi connectivity index (χ4v) is 2.14. The molecule has 0 aliphatic rings. The number of amides is 1. The number of hydrogen-bond donors (Lipinski definition) is 2. The maximum Gasteiger partial charge on any atom is 0.222 e. The summed E-state index contributed by atoms with van der Waals surface area (Å²) >= 11 is 0. The van der Waals surface area contributed by atoms with E-state index in [9.17, 15) is 9.90 Å². The van der Waals surface area contributed by atoms with Crippen molar-refractivity contribution in [2.45, 2.75) is 19.4 Å². The molecule has 0 heterocycles. The van der Waals surface area contributed by atoms with Crippen LogP contribution in [0.5, 0.6) is 5.75 Å². The van der Waals surface area contributed by atoms with Gasteiger partial charge in [-0.2, -0.15) is 0 Å². The van der Waals surface area contributed by atoms with E-state index in [2.05, 4.69) is 0 Å². The summed E-state index contributed by atoms with van der Waals surface area (Å²) in [6.07, 6.45) is 1.16. The molecule has 0 radical (unpaired) electrons. The van der Waals surface area contributed by atoms with Gasteiger partial charge in [0.05, 0.1) is 0 Å². The van der Waals surface area contributed by atoms with Gasteiger partial charge in [0.2, 0.25) is 5.91 Å². The number of phenols is 1. The number of rotatable bonds is 5. The van der Waals surface area contributed by atoms with Crippen molar-refractivity contribution in [1.82, 2.24) is 4.90 Å². The third-order valence-electron chi connectivity index (χ3n) is 3.36. The first kappa shape index (κ1) is 14.9. The fourth-order valence-electron chi connectivity index (χ4n) is 2.14. The van der Waals surface area contributed by atoms with Crippen LogP contribution in [0, 0.1) is 0 Å². The van der Waals surface area contributed by atoms with E-state index in [0.717, 1.165) is 16.8 Å². The zero-order chi connectivity index (χ0) is 15.2. The fraction of sp³-hybridized carbons (Fsp3) is 0.235. The number of benzene rings is 2. The molecule has 2 rings (SSSR count). The van der Waals surface area contributed by atoms with Crippen molar-refractivity contribution < 1.29 is 9.90 Å². The monoisotopic (exact) mass is 284 g/mol. The molecule has 110 valence electrons. The Bertz CT molecular complexity index is 608. The summed E-state index contributed by atoms with van der Waals surface area (Å²) in [7, 11) is 1.77. The lowest BCUT2D eigenvalue weighted by Gasteiger charge is -2.17. The van der Waals surface area contributed by atoms with E-state index in [1.165, 1.54) is 0 Å². The highest BCUT2D eigenvalue weighted by Gasteiger charge is 2.09. The minimum atomic E-state index is 0.0789. The average molecular weight is 284 g/mol. The van der Waals surface area contributed by atoms with E-state index < -0.39 is 0 Å². The minimum Gasteiger partial charge on any atom is -0.508 e. The van der Waals surface area contributed by atoms with Gasteiger partial charge >= 0.3 is 0 Å².